The van der Waals surface area contributed by atoms with E-state index in [0.29, 0.717) is 5.88 Å². The van der Waals surface area contributed by atoms with Crippen molar-refractivity contribution in [3.05, 3.63) is 0 Å². The number of carbonyl (C=O) groups excluding carboxylic acids is 1. The molecule has 0 aliphatic heterocycles. The number of rotatable bonds is 6. The third-order valence-electron chi connectivity index (χ3n) is 1.95. The van der Waals surface area contributed by atoms with Gasteiger partial charge in [0.15, 0.2) is 0 Å². The Balaban J connectivity index is 4.09. The molecule has 1 atom stereocenters. The zero-order valence-corrected chi connectivity index (χ0v) is 9.60. The Labute approximate surface area is 86.2 Å². The second-order valence-electron chi connectivity index (χ2n) is 3.38. The van der Waals surface area contributed by atoms with Crippen LogP contribution in [0.15, 0.2) is 0 Å². The first-order valence-electron chi connectivity index (χ1n) is 5.02. The van der Waals surface area contributed by atoms with Crippen LogP contribution in [-0.4, -0.2) is 29.8 Å². The van der Waals surface area contributed by atoms with Crippen LogP contribution in [0.3, 0.4) is 0 Å². The minimum atomic E-state index is -0.0419. The molecule has 0 aromatic rings. The van der Waals surface area contributed by atoms with Crippen LogP contribution in [0.1, 0.15) is 33.6 Å². The van der Waals surface area contributed by atoms with Gasteiger partial charge in [0, 0.05) is 24.9 Å². The summed E-state index contributed by atoms with van der Waals surface area (Å²) < 4.78 is 0. The molecule has 0 saturated carbocycles. The second kappa shape index (κ2) is 7.19. The number of carbonyl (C=O) groups is 1. The quantitative estimate of drug-likeness (QED) is 0.611. The molecule has 0 saturated heterocycles. The van der Waals surface area contributed by atoms with Gasteiger partial charge in [0.1, 0.15) is 0 Å². The van der Waals surface area contributed by atoms with Crippen LogP contribution in [0.25, 0.3) is 0 Å². The molecule has 2 nitrogen and oxygen atoms in total. The van der Waals surface area contributed by atoms with Gasteiger partial charge < -0.3 is 4.90 Å². The normalized spacial score (nSPS) is 12.6. The molecule has 78 valence electrons. The fourth-order valence-electron chi connectivity index (χ4n) is 1.25. The number of halogens is 1. The number of hydrogen-bond acceptors (Lipinski definition) is 1. The van der Waals surface area contributed by atoms with Crippen molar-refractivity contribution in [1.29, 1.82) is 0 Å². The molecule has 0 radical (unpaired) electrons. The predicted octanol–water partition coefficient (Wildman–Crippen LogP) is 2.51. The van der Waals surface area contributed by atoms with Crippen molar-refractivity contribution in [2.75, 3.05) is 19.0 Å². The van der Waals surface area contributed by atoms with E-state index in [9.17, 15) is 4.79 Å². The van der Waals surface area contributed by atoms with Crippen LogP contribution in [-0.2, 0) is 4.79 Å². The van der Waals surface area contributed by atoms with E-state index in [-0.39, 0.29) is 11.8 Å². The Morgan fingerprint density at radius 2 is 1.77 bits per heavy atom. The molecule has 0 spiro atoms. The maximum absolute atomic E-state index is 11.7. The van der Waals surface area contributed by atoms with Crippen molar-refractivity contribution < 1.29 is 4.79 Å². The zero-order valence-electron chi connectivity index (χ0n) is 8.85. The average molecular weight is 206 g/mol. The molecule has 3 heteroatoms. The third kappa shape index (κ3) is 4.51. The molecule has 0 aromatic heterocycles. The minimum absolute atomic E-state index is 0.0419. The maximum atomic E-state index is 11.7. The smallest absolute Gasteiger partial charge is 0.226 e. The topological polar surface area (TPSA) is 20.3 Å². The fourth-order valence-corrected chi connectivity index (χ4v) is 1.38. The highest BCUT2D eigenvalue weighted by Crippen LogP contribution is 2.06. The van der Waals surface area contributed by atoms with Gasteiger partial charge in [0.2, 0.25) is 5.91 Å². The Bertz CT molecular complexity index is 144. The zero-order chi connectivity index (χ0) is 10.3. The molecule has 0 bridgehead atoms. The van der Waals surface area contributed by atoms with Crippen molar-refractivity contribution in [2.45, 2.75) is 33.6 Å². The molecule has 0 heterocycles. The average Bonchev–Trinajstić information content (AvgIpc) is 2.15. The van der Waals surface area contributed by atoms with E-state index in [1.54, 1.807) is 0 Å². The number of nitrogens with zero attached hydrogens (tertiary/aromatic N) is 1. The van der Waals surface area contributed by atoms with E-state index >= 15 is 0 Å². The van der Waals surface area contributed by atoms with E-state index in [1.807, 2.05) is 11.8 Å². The molecule has 0 fully saturated rings. The van der Waals surface area contributed by atoms with E-state index in [2.05, 4.69) is 13.8 Å². The van der Waals surface area contributed by atoms with Gasteiger partial charge in [0.25, 0.3) is 0 Å². The van der Waals surface area contributed by atoms with E-state index in [1.165, 1.54) is 0 Å². The molecule has 0 aromatic carbocycles. The molecular formula is C10H20ClNO. The predicted molar refractivity (Wildman–Crippen MR) is 57.0 cm³/mol. The summed E-state index contributed by atoms with van der Waals surface area (Å²) in [6.45, 7) is 7.76. The first-order valence-corrected chi connectivity index (χ1v) is 5.55. The lowest BCUT2D eigenvalue weighted by Gasteiger charge is -2.24. The van der Waals surface area contributed by atoms with Crippen molar-refractivity contribution in [3.63, 3.8) is 0 Å². The molecule has 13 heavy (non-hydrogen) atoms. The molecule has 1 unspecified atom stereocenters. The van der Waals surface area contributed by atoms with Gasteiger partial charge in [-0.15, -0.1) is 11.6 Å². The maximum Gasteiger partial charge on any atom is 0.226 e. The van der Waals surface area contributed by atoms with Gasteiger partial charge in [0.05, 0.1) is 0 Å². The van der Waals surface area contributed by atoms with Crippen molar-refractivity contribution in [3.8, 4) is 0 Å². The standard InChI is InChI=1S/C10H20ClNO/c1-4-6-12(7-5-2)10(13)9(3)8-11/h9H,4-8H2,1-3H3. The highest BCUT2D eigenvalue weighted by Gasteiger charge is 2.17. The largest absolute Gasteiger partial charge is 0.342 e. The summed E-state index contributed by atoms with van der Waals surface area (Å²) in [5.41, 5.74) is 0. The van der Waals surface area contributed by atoms with Crippen LogP contribution in [0, 0.1) is 5.92 Å². The summed E-state index contributed by atoms with van der Waals surface area (Å²) in [7, 11) is 0. The number of alkyl halides is 1. The number of hydrogen-bond donors (Lipinski definition) is 0. The van der Waals surface area contributed by atoms with Gasteiger partial charge in [-0.1, -0.05) is 20.8 Å². The highest BCUT2D eigenvalue weighted by atomic mass is 35.5. The van der Waals surface area contributed by atoms with E-state index in [4.69, 9.17) is 11.6 Å². The molecule has 0 N–H and O–H groups in total. The first kappa shape index (κ1) is 12.8. The first-order chi connectivity index (χ1) is 6.17. The van der Waals surface area contributed by atoms with Gasteiger partial charge in [-0.2, -0.15) is 0 Å². The SMILES string of the molecule is CCCN(CCC)C(=O)C(C)CCl. The second-order valence-corrected chi connectivity index (χ2v) is 3.69. The molecule has 0 rings (SSSR count). The molecular weight excluding hydrogens is 186 g/mol. The summed E-state index contributed by atoms with van der Waals surface area (Å²) in [6.07, 6.45) is 2.03. The number of amides is 1. The molecule has 0 aliphatic rings. The van der Waals surface area contributed by atoms with Crippen LogP contribution in [0.4, 0.5) is 0 Å². The van der Waals surface area contributed by atoms with Crippen LogP contribution in [0.2, 0.25) is 0 Å². The van der Waals surface area contributed by atoms with Gasteiger partial charge >= 0.3 is 0 Å². The van der Waals surface area contributed by atoms with Crippen LogP contribution < -0.4 is 0 Å². The van der Waals surface area contributed by atoms with E-state index in [0.717, 1.165) is 25.9 Å². The van der Waals surface area contributed by atoms with Gasteiger partial charge in [-0.25, -0.2) is 0 Å². The Morgan fingerprint density at radius 1 is 1.31 bits per heavy atom. The lowest BCUT2D eigenvalue weighted by molar-refractivity contribution is -0.134. The summed E-state index contributed by atoms with van der Waals surface area (Å²) in [5, 5.41) is 0. The minimum Gasteiger partial charge on any atom is -0.342 e. The summed E-state index contributed by atoms with van der Waals surface area (Å²) in [5.74, 6) is 0.571. The highest BCUT2D eigenvalue weighted by molar-refractivity contribution is 6.19. The van der Waals surface area contributed by atoms with Crippen LogP contribution in [0.5, 0.6) is 0 Å². The van der Waals surface area contributed by atoms with Crippen molar-refractivity contribution in [2.24, 2.45) is 5.92 Å². The Morgan fingerprint density at radius 3 is 2.08 bits per heavy atom. The summed E-state index contributed by atoms with van der Waals surface area (Å²) in [4.78, 5) is 13.6. The fraction of sp³-hybridized carbons (Fsp3) is 0.900. The van der Waals surface area contributed by atoms with Gasteiger partial charge in [-0.05, 0) is 12.8 Å². The molecule has 1 amide bonds. The summed E-state index contributed by atoms with van der Waals surface area (Å²) >= 11 is 5.64. The summed E-state index contributed by atoms with van der Waals surface area (Å²) in [6, 6.07) is 0. The lowest BCUT2D eigenvalue weighted by atomic mass is 10.2. The van der Waals surface area contributed by atoms with Gasteiger partial charge in [-0.3, -0.25) is 4.79 Å². The lowest BCUT2D eigenvalue weighted by Crippen LogP contribution is -2.36. The Kier molecular flexibility index (Phi) is 7.06. The van der Waals surface area contributed by atoms with Crippen molar-refractivity contribution in [1.82, 2.24) is 4.90 Å². The monoisotopic (exact) mass is 205 g/mol. The third-order valence-corrected chi connectivity index (χ3v) is 2.41. The van der Waals surface area contributed by atoms with Crippen molar-refractivity contribution >= 4 is 17.5 Å². The Hall–Kier alpha value is -0.240. The van der Waals surface area contributed by atoms with Crippen LogP contribution >= 0.6 is 11.6 Å². The van der Waals surface area contributed by atoms with E-state index < -0.39 is 0 Å². The molecule has 0 aliphatic carbocycles.